The van der Waals surface area contributed by atoms with Crippen molar-refractivity contribution in [1.29, 1.82) is 0 Å². The van der Waals surface area contributed by atoms with Gasteiger partial charge in [0.2, 0.25) is 5.91 Å². The van der Waals surface area contributed by atoms with Gasteiger partial charge in [0, 0.05) is 12.8 Å². The normalized spacial score (nSPS) is 12.7. The Labute approximate surface area is 456 Å². The number of amides is 1. The highest BCUT2D eigenvalue weighted by atomic mass is 16.5. The fourth-order valence-electron chi connectivity index (χ4n) is 10.4. The molecular weight excluding hydrogens is 899 g/mol. The average Bonchev–Trinajstić information content (AvgIpc) is 3.39. The fraction of sp³-hybridized carbons (Fsp3) is 0.910. The number of allylic oxidation sites excluding steroid dienone is 3. The molecule has 0 aromatic carbocycles. The summed E-state index contributed by atoms with van der Waals surface area (Å²) in [6.07, 6.45) is 78.0. The number of carbonyl (C=O) groups is 2. The van der Waals surface area contributed by atoms with Crippen LogP contribution in [0, 0.1) is 0 Å². The van der Waals surface area contributed by atoms with E-state index in [2.05, 4.69) is 31.3 Å². The van der Waals surface area contributed by atoms with Crippen LogP contribution in [0.4, 0.5) is 0 Å². The number of ether oxygens (including phenoxy) is 1. The van der Waals surface area contributed by atoms with Gasteiger partial charge in [-0.15, -0.1) is 0 Å². The van der Waals surface area contributed by atoms with E-state index >= 15 is 0 Å². The van der Waals surface area contributed by atoms with Crippen molar-refractivity contribution in [3.8, 4) is 0 Å². The molecule has 0 aliphatic heterocycles. The minimum Gasteiger partial charge on any atom is -0.466 e. The van der Waals surface area contributed by atoms with E-state index in [4.69, 9.17) is 4.74 Å². The molecule has 3 N–H and O–H groups in total. The van der Waals surface area contributed by atoms with E-state index in [-0.39, 0.29) is 18.5 Å². The van der Waals surface area contributed by atoms with Crippen LogP contribution >= 0.6 is 0 Å². The van der Waals surface area contributed by atoms with Crippen LogP contribution in [0.1, 0.15) is 367 Å². The third kappa shape index (κ3) is 59.4. The molecule has 6 heteroatoms. The van der Waals surface area contributed by atoms with Gasteiger partial charge in [-0.25, -0.2) is 0 Å². The van der Waals surface area contributed by atoms with Crippen LogP contribution in [-0.4, -0.2) is 47.4 Å². The molecule has 2 atom stereocenters. The van der Waals surface area contributed by atoms with Crippen LogP contribution in [0.2, 0.25) is 0 Å². The molecule has 1 amide bonds. The van der Waals surface area contributed by atoms with Crippen molar-refractivity contribution in [2.75, 3.05) is 13.2 Å². The molecule has 0 rings (SSSR count). The van der Waals surface area contributed by atoms with Crippen LogP contribution < -0.4 is 5.32 Å². The lowest BCUT2D eigenvalue weighted by molar-refractivity contribution is -0.143. The Hall–Kier alpha value is -1.66. The van der Waals surface area contributed by atoms with Crippen molar-refractivity contribution in [2.45, 2.75) is 379 Å². The van der Waals surface area contributed by atoms with Gasteiger partial charge in [-0.2, -0.15) is 0 Å². The maximum atomic E-state index is 12.5. The zero-order valence-electron chi connectivity index (χ0n) is 49.4. The molecule has 2 unspecified atom stereocenters. The first-order chi connectivity index (χ1) is 36.0. The van der Waals surface area contributed by atoms with Gasteiger partial charge in [-0.3, -0.25) is 9.59 Å². The van der Waals surface area contributed by atoms with Gasteiger partial charge in [-0.1, -0.05) is 321 Å². The quantitative estimate of drug-likeness (QED) is 0.0320. The molecule has 0 aromatic rings. The fourth-order valence-corrected chi connectivity index (χ4v) is 10.4. The summed E-state index contributed by atoms with van der Waals surface area (Å²) in [5.74, 6) is -0.0539. The monoisotopic (exact) mass is 1030 g/mol. The lowest BCUT2D eigenvalue weighted by atomic mass is 10.0. The first-order valence-corrected chi connectivity index (χ1v) is 33.1. The molecule has 0 radical (unpaired) electrons. The Morgan fingerprint density at radius 2 is 0.644 bits per heavy atom. The molecule has 6 nitrogen and oxygen atoms in total. The number of hydrogen-bond acceptors (Lipinski definition) is 5. The summed E-state index contributed by atoms with van der Waals surface area (Å²) in [5, 5.41) is 23.1. The van der Waals surface area contributed by atoms with E-state index in [9.17, 15) is 19.8 Å². The van der Waals surface area contributed by atoms with Crippen LogP contribution in [0.25, 0.3) is 0 Å². The molecule has 0 bridgehead atoms. The lowest BCUT2D eigenvalue weighted by Crippen LogP contribution is -2.45. The molecule has 0 spiro atoms. The largest absolute Gasteiger partial charge is 0.466 e. The van der Waals surface area contributed by atoms with Crippen molar-refractivity contribution in [2.24, 2.45) is 0 Å². The Bertz CT molecular complexity index is 1140. The number of esters is 1. The summed E-state index contributed by atoms with van der Waals surface area (Å²) in [7, 11) is 0. The maximum absolute atomic E-state index is 12.5. The number of unbranched alkanes of at least 4 members (excludes halogenated alkanes) is 49. The number of aliphatic hydroxyl groups is 2. The van der Waals surface area contributed by atoms with E-state index in [1.165, 1.54) is 295 Å². The van der Waals surface area contributed by atoms with Crippen molar-refractivity contribution in [1.82, 2.24) is 5.32 Å². The van der Waals surface area contributed by atoms with E-state index in [0.717, 1.165) is 44.9 Å². The second-order valence-electron chi connectivity index (χ2n) is 22.8. The summed E-state index contributed by atoms with van der Waals surface area (Å²) >= 11 is 0. The zero-order valence-corrected chi connectivity index (χ0v) is 49.4. The predicted octanol–water partition coefficient (Wildman–Crippen LogP) is 21.0. The molecule has 432 valence electrons. The zero-order chi connectivity index (χ0) is 52.9. The molecule has 0 heterocycles. The molecule has 0 aliphatic rings. The minimum atomic E-state index is -0.844. The summed E-state index contributed by atoms with van der Waals surface area (Å²) in [6, 6.07) is -0.627. The van der Waals surface area contributed by atoms with Crippen LogP contribution in [0.15, 0.2) is 24.3 Å². The Balaban J connectivity index is 3.37. The van der Waals surface area contributed by atoms with E-state index < -0.39 is 12.1 Å². The van der Waals surface area contributed by atoms with Crippen LogP contribution in [0.3, 0.4) is 0 Å². The Morgan fingerprint density at radius 1 is 0.370 bits per heavy atom. The van der Waals surface area contributed by atoms with Crippen molar-refractivity contribution in [3.05, 3.63) is 24.3 Å². The number of hydrogen-bond donors (Lipinski definition) is 3. The second-order valence-corrected chi connectivity index (χ2v) is 22.8. The van der Waals surface area contributed by atoms with E-state index in [0.29, 0.717) is 19.4 Å². The molecule has 0 fully saturated rings. The van der Waals surface area contributed by atoms with E-state index in [1.807, 2.05) is 6.08 Å². The average molecular weight is 1030 g/mol. The van der Waals surface area contributed by atoms with Gasteiger partial charge in [0.25, 0.3) is 0 Å². The lowest BCUT2D eigenvalue weighted by Gasteiger charge is -2.20. The number of rotatable bonds is 62. The van der Waals surface area contributed by atoms with Gasteiger partial charge >= 0.3 is 5.97 Å². The maximum Gasteiger partial charge on any atom is 0.305 e. The Kier molecular flexibility index (Phi) is 61.4. The number of carbonyl (C=O) groups excluding carboxylic acids is 2. The SMILES string of the molecule is CCCCCCCCC/C=C\CCCCCCCCCC(=O)OCCCCCCCCCCCCCCCCCCCCCCCCCC(=O)NC(CO)C(O)/C=C/CCCCCCCCCCCCCCC. The number of aliphatic hydroxyl groups excluding tert-OH is 2. The summed E-state index contributed by atoms with van der Waals surface area (Å²) in [4.78, 5) is 24.6. The van der Waals surface area contributed by atoms with Crippen molar-refractivity contribution >= 4 is 11.9 Å². The molecule has 0 aromatic heterocycles. The third-order valence-corrected chi connectivity index (χ3v) is 15.5. The first kappa shape index (κ1) is 71.3. The van der Waals surface area contributed by atoms with Gasteiger partial charge in [-0.05, 0) is 57.8 Å². The molecule has 0 saturated heterocycles. The standard InChI is InChI=1S/C67H129NO5/c1-3-5-7-9-11-13-15-17-19-20-29-33-37-41-45-49-53-57-61-67(72)73-62-58-54-50-46-42-38-34-30-27-25-23-21-22-24-26-28-32-36-40-44-48-52-56-60-66(71)68-64(63-69)65(70)59-55-51-47-43-39-35-31-18-16-14-12-10-8-6-4-2/h19-20,55,59,64-65,69-70H,3-18,21-54,56-58,60-63H2,1-2H3,(H,68,71)/b20-19-,59-55+. The summed E-state index contributed by atoms with van der Waals surface area (Å²) in [5.41, 5.74) is 0. The van der Waals surface area contributed by atoms with E-state index in [1.54, 1.807) is 6.08 Å². The minimum absolute atomic E-state index is 0.0115. The third-order valence-electron chi connectivity index (χ3n) is 15.5. The van der Waals surface area contributed by atoms with Crippen LogP contribution in [0.5, 0.6) is 0 Å². The van der Waals surface area contributed by atoms with Crippen LogP contribution in [-0.2, 0) is 14.3 Å². The van der Waals surface area contributed by atoms with Gasteiger partial charge < -0.3 is 20.3 Å². The highest BCUT2D eigenvalue weighted by Crippen LogP contribution is 2.18. The van der Waals surface area contributed by atoms with Crippen molar-refractivity contribution < 1.29 is 24.5 Å². The molecule has 73 heavy (non-hydrogen) atoms. The predicted molar refractivity (Wildman–Crippen MR) is 320 cm³/mol. The van der Waals surface area contributed by atoms with Gasteiger partial charge in [0.1, 0.15) is 0 Å². The highest BCUT2D eigenvalue weighted by molar-refractivity contribution is 5.76. The molecular formula is C67H129NO5. The molecule has 0 saturated carbocycles. The smallest absolute Gasteiger partial charge is 0.305 e. The number of nitrogens with one attached hydrogen (secondary N) is 1. The van der Waals surface area contributed by atoms with Crippen molar-refractivity contribution in [3.63, 3.8) is 0 Å². The molecule has 0 aliphatic carbocycles. The van der Waals surface area contributed by atoms with Gasteiger partial charge in [0.15, 0.2) is 0 Å². The summed E-state index contributed by atoms with van der Waals surface area (Å²) in [6.45, 7) is 4.92. The second kappa shape index (κ2) is 62.9. The summed E-state index contributed by atoms with van der Waals surface area (Å²) < 4.78 is 5.50. The van der Waals surface area contributed by atoms with Gasteiger partial charge in [0.05, 0.1) is 25.4 Å². The highest BCUT2D eigenvalue weighted by Gasteiger charge is 2.18. The first-order valence-electron chi connectivity index (χ1n) is 33.1. The Morgan fingerprint density at radius 3 is 0.973 bits per heavy atom. The topological polar surface area (TPSA) is 95.9 Å².